The number of ketones is 1. The first kappa shape index (κ1) is 15.4. The molecule has 0 bridgehead atoms. The fraction of sp³-hybridized carbons (Fsp3) is 0.267. The second-order valence-electron chi connectivity index (χ2n) is 5.02. The predicted octanol–water partition coefficient (Wildman–Crippen LogP) is 1.81. The molecule has 2 unspecified atom stereocenters. The Morgan fingerprint density at radius 3 is 2.68 bits per heavy atom. The van der Waals surface area contributed by atoms with Crippen molar-refractivity contribution in [3.8, 4) is 6.07 Å². The molecule has 1 amide bonds. The van der Waals surface area contributed by atoms with Crippen LogP contribution in [0.5, 0.6) is 0 Å². The van der Waals surface area contributed by atoms with Crippen molar-refractivity contribution in [1.82, 2.24) is 5.32 Å². The molecule has 1 aliphatic rings. The average Bonchev–Trinajstić information content (AvgIpc) is 2.46. The number of nitrogens with one attached hydrogen (secondary N) is 1. The monoisotopic (exact) mass is 299 g/mol. The zero-order valence-corrected chi connectivity index (χ0v) is 12.0. The summed E-state index contributed by atoms with van der Waals surface area (Å²) in [5.74, 6) is -2.71. The van der Waals surface area contributed by atoms with Crippen molar-refractivity contribution >= 4 is 17.4 Å². The molecule has 7 heteroatoms. The minimum Gasteiger partial charge on any atom is -0.328 e. The van der Waals surface area contributed by atoms with Gasteiger partial charge >= 0.3 is 0 Å². The van der Waals surface area contributed by atoms with Crippen LogP contribution in [-0.4, -0.2) is 16.6 Å². The fourth-order valence-corrected chi connectivity index (χ4v) is 2.69. The zero-order valence-electron chi connectivity index (χ0n) is 12.0. The molecule has 1 N–H and O–H groups in total. The normalized spacial score (nSPS) is 21.0. The Kier molecular flexibility index (Phi) is 4.04. The van der Waals surface area contributed by atoms with E-state index in [1.807, 2.05) is 6.07 Å². The van der Waals surface area contributed by atoms with Gasteiger partial charge in [-0.05, 0) is 19.4 Å². The van der Waals surface area contributed by atoms with E-state index in [1.165, 1.54) is 25.1 Å². The Morgan fingerprint density at radius 2 is 2.14 bits per heavy atom. The van der Waals surface area contributed by atoms with Crippen molar-refractivity contribution in [3.05, 3.63) is 51.2 Å². The number of allylic oxidation sites excluding steroid dienone is 2. The molecule has 1 aliphatic heterocycles. The van der Waals surface area contributed by atoms with Gasteiger partial charge in [-0.1, -0.05) is 12.1 Å². The van der Waals surface area contributed by atoms with Crippen LogP contribution in [0.4, 0.5) is 5.69 Å². The molecule has 0 spiro atoms. The van der Waals surface area contributed by atoms with Crippen molar-refractivity contribution in [2.45, 2.75) is 19.8 Å². The van der Waals surface area contributed by atoms with Crippen LogP contribution < -0.4 is 5.32 Å². The Morgan fingerprint density at radius 1 is 1.45 bits per heavy atom. The molecule has 2 atom stereocenters. The fourth-order valence-electron chi connectivity index (χ4n) is 2.69. The van der Waals surface area contributed by atoms with E-state index < -0.39 is 22.7 Å². The zero-order chi connectivity index (χ0) is 16.4. The molecule has 1 heterocycles. The summed E-state index contributed by atoms with van der Waals surface area (Å²) in [4.78, 5) is 34.3. The largest absolute Gasteiger partial charge is 0.328 e. The number of carbonyl (C=O) groups is 2. The molecule has 1 aromatic rings. The number of carbonyl (C=O) groups excluding carboxylic acids is 2. The molecule has 112 valence electrons. The molecular weight excluding hydrogens is 286 g/mol. The highest BCUT2D eigenvalue weighted by atomic mass is 16.6. The smallest absolute Gasteiger partial charge is 0.269 e. The van der Waals surface area contributed by atoms with Gasteiger partial charge in [0.05, 0.1) is 11.0 Å². The summed E-state index contributed by atoms with van der Waals surface area (Å²) in [5.41, 5.74) is 0.924. The average molecular weight is 299 g/mol. The predicted molar refractivity (Wildman–Crippen MR) is 76.5 cm³/mol. The van der Waals surface area contributed by atoms with Gasteiger partial charge in [-0.25, -0.2) is 0 Å². The number of hydrogen-bond acceptors (Lipinski definition) is 5. The number of hydrogen-bond donors (Lipinski definition) is 1. The van der Waals surface area contributed by atoms with Crippen LogP contribution in [-0.2, 0) is 9.59 Å². The molecule has 22 heavy (non-hydrogen) atoms. The topological polar surface area (TPSA) is 113 Å². The Labute approximate surface area is 126 Å². The van der Waals surface area contributed by atoms with Gasteiger partial charge in [0.25, 0.3) is 5.69 Å². The lowest BCUT2D eigenvalue weighted by Crippen LogP contribution is -2.40. The third-order valence-corrected chi connectivity index (χ3v) is 3.60. The molecule has 0 aliphatic carbocycles. The van der Waals surface area contributed by atoms with E-state index in [9.17, 15) is 25.0 Å². The van der Waals surface area contributed by atoms with Crippen molar-refractivity contribution < 1.29 is 14.5 Å². The summed E-state index contributed by atoms with van der Waals surface area (Å²) < 4.78 is 0. The maximum Gasteiger partial charge on any atom is 0.269 e. The first-order chi connectivity index (χ1) is 10.4. The Hall–Kier alpha value is -3.01. The second kappa shape index (κ2) is 5.77. The number of rotatable bonds is 3. The molecule has 1 aromatic carbocycles. The number of nitro benzene ring substituents is 1. The molecule has 7 nitrogen and oxygen atoms in total. The molecule has 0 aromatic heterocycles. The van der Waals surface area contributed by atoms with E-state index in [-0.39, 0.29) is 11.5 Å². The van der Waals surface area contributed by atoms with E-state index >= 15 is 0 Å². The molecule has 0 saturated heterocycles. The second-order valence-corrected chi connectivity index (χ2v) is 5.02. The van der Waals surface area contributed by atoms with Crippen LogP contribution in [0.25, 0.3) is 0 Å². The van der Waals surface area contributed by atoms with Crippen LogP contribution >= 0.6 is 0 Å². The highest BCUT2D eigenvalue weighted by Crippen LogP contribution is 2.38. The Bertz CT molecular complexity index is 745. The summed E-state index contributed by atoms with van der Waals surface area (Å²) in [7, 11) is 0. The van der Waals surface area contributed by atoms with E-state index in [1.54, 1.807) is 13.0 Å². The third-order valence-electron chi connectivity index (χ3n) is 3.60. The SMILES string of the molecule is CC(=O)C1=C(C)NC(=O)C(C#N)C1c1cccc([N+](=O)[O-])c1. The van der Waals surface area contributed by atoms with E-state index in [2.05, 4.69) is 5.32 Å². The summed E-state index contributed by atoms with van der Waals surface area (Å²) in [6.07, 6.45) is 0. The lowest BCUT2D eigenvalue weighted by molar-refractivity contribution is -0.384. The number of benzene rings is 1. The standard InChI is InChI=1S/C15H13N3O4/c1-8-13(9(2)19)14(12(7-16)15(20)17-8)10-4-3-5-11(6-10)18(21)22/h3-6,12,14H,1-2H3,(H,17,20). The summed E-state index contributed by atoms with van der Waals surface area (Å²) >= 11 is 0. The van der Waals surface area contributed by atoms with Crippen LogP contribution in [0.1, 0.15) is 25.3 Å². The number of nitro groups is 1. The van der Waals surface area contributed by atoms with Crippen molar-refractivity contribution in [2.24, 2.45) is 5.92 Å². The molecular formula is C15H13N3O4. The van der Waals surface area contributed by atoms with E-state index in [4.69, 9.17) is 0 Å². The van der Waals surface area contributed by atoms with E-state index in [0.717, 1.165) is 0 Å². The van der Waals surface area contributed by atoms with Gasteiger partial charge in [-0.2, -0.15) is 5.26 Å². The molecule has 0 saturated carbocycles. The van der Waals surface area contributed by atoms with Crippen LogP contribution in [0.3, 0.4) is 0 Å². The van der Waals surface area contributed by atoms with Gasteiger partial charge in [-0.3, -0.25) is 19.7 Å². The first-order valence-corrected chi connectivity index (χ1v) is 6.53. The summed E-state index contributed by atoms with van der Waals surface area (Å²) in [5, 5.41) is 22.7. The van der Waals surface area contributed by atoms with Gasteiger partial charge in [0, 0.05) is 29.3 Å². The van der Waals surface area contributed by atoms with Crippen molar-refractivity contribution in [3.63, 3.8) is 0 Å². The van der Waals surface area contributed by atoms with Crippen molar-refractivity contribution in [2.75, 3.05) is 0 Å². The highest BCUT2D eigenvalue weighted by Gasteiger charge is 2.39. The van der Waals surface area contributed by atoms with Gasteiger partial charge in [0.2, 0.25) is 5.91 Å². The summed E-state index contributed by atoms with van der Waals surface area (Å²) in [6, 6.07) is 7.55. The maximum absolute atomic E-state index is 12.0. The molecule has 2 rings (SSSR count). The third kappa shape index (κ3) is 2.59. The number of nitrogens with zero attached hydrogens (tertiary/aromatic N) is 2. The number of nitriles is 1. The number of Topliss-reactive ketones (excluding diaryl/α,β-unsaturated/α-hetero) is 1. The van der Waals surface area contributed by atoms with Gasteiger partial charge in [-0.15, -0.1) is 0 Å². The van der Waals surface area contributed by atoms with Crippen LogP contribution in [0.15, 0.2) is 35.5 Å². The Balaban J connectivity index is 2.66. The maximum atomic E-state index is 12.0. The van der Waals surface area contributed by atoms with Crippen LogP contribution in [0, 0.1) is 27.4 Å². The summed E-state index contributed by atoms with van der Waals surface area (Å²) in [6.45, 7) is 2.92. The van der Waals surface area contributed by atoms with Crippen molar-refractivity contribution in [1.29, 1.82) is 5.26 Å². The lowest BCUT2D eigenvalue weighted by atomic mass is 9.76. The van der Waals surface area contributed by atoms with Gasteiger partial charge < -0.3 is 5.32 Å². The van der Waals surface area contributed by atoms with Gasteiger partial charge in [0.15, 0.2) is 5.78 Å². The first-order valence-electron chi connectivity index (χ1n) is 6.53. The van der Waals surface area contributed by atoms with Crippen LogP contribution in [0.2, 0.25) is 0 Å². The van der Waals surface area contributed by atoms with Gasteiger partial charge in [0.1, 0.15) is 5.92 Å². The minimum absolute atomic E-state index is 0.152. The highest BCUT2D eigenvalue weighted by molar-refractivity contribution is 6.00. The minimum atomic E-state index is -1.11. The van der Waals surface area contributed by atoms with E-state index in [0.29, 0.717) is 16.8 Å². The molecule has 0 radical (unpaired) electrons. The quantitative estimate of drug-likeness (QED) is 0.675. The molecule has 0 fully saturated rings. The number of amides is 1. The number of non-ortho nitro benzene ring substituents is 1. The lowest BCUT2D eigenvalue weighted by Gasteiger charge is -2.30.